The summed E-state index contributed by atoms with van der Waals surface area (Å²) in [7, 11) is 0. The van der Waals surface area contributed by atoms with E-state index in [9.17, 15) is 22.8 Å². The van der Waals surface area contributed by atoms with Crippen molar-refractivity contribution in [3.05, 3.63) is 23.8 Å². The van der Waals surface area contributed by atoms with Crippen molar-refractivity contribution in [2.45, 2.75) is 17.3 Å². The molecule has 1 aromatic rings. The van der Waals surface area contributed by atoms with Crippen LogP contribution >= 0.6 is 11.8 Å². The van der Waals surface area contributed by atoms with E-state index in [0.29, 0.717) is 0 Å². The highest BCUT2D eigenvalue weighted by Crippen LogP contribution is 2.38. The van der Waals surface area contributed by atoms with Crippen LogP contribution in [0.3, 0.4) is 0 Å². The summed E-state index contributed by atoms with van der Waals surface area (Å²) in [5.74, 6) is -1.92. The normalized spacial score (nSPS) is 11.1. The fourth-order valence-corrected chi connectivity index (χ4v) is 1.78. The fraction of sp³-hybridized carbons (Fsp3) is 0.200. The number of thioether (sulfide) groups is 1. The van der Waals surface area contributed by atoms with Crippen molar-refractivity contribution >= 4 is 29.3 Å². The summed E-state index contributed by atoms with van der Waals surface area (Å²) in [6.07, 6.45) is 0. The van der Waals surface area contributed by atoms with Crippen molar-refractivity contribution in [3.63, 3.8) is 0 Å². The molecule has 0 spiro atoms. The SMILES string of the molecule is CC(=O)Nc1ccc(SC(F)(F)F)cc1C(=O)O. The maximum absolute atomic E-state index is 12.1. The Bertz CT molecular complexity index is 488. The van der Waals surface area contributed by atoms with Gasteiger partial charge in [0, 0.05) is 11.8 Å². The van der Waals surface area contributed by atoms with Crippen LogP contribution in [-0.4, -0.2) is 22.5 Å². The summed E-state index contributed by atoms with van der Waals surface area (Å²) in [6.45, 7) is 1.17. The molecule has 98 valence electrons. The maximum Gasteiger partial charge on any atom is 0.446 e. The largest absolute Gasteiger partial charge is 0.478 e. The van der Waals surface area contributed by atoms with Crippen LogP contribution in [0.4, 0.5) is 18.9 Å². The number of carbonyl (C=O) groups excluding carboxylic acids is 1. The average molecular weight is 279 g/mol. The maximum atomic E-state index is 12.1. The van der Waals surface area contributed by atoms with E-state index in [2.05, 4.69) is 5.32 Å². The highest BCUT2D eigenvalue weighted by molar-refractivity contribution is 8.00. The molecule has 0 unspecified atom stereocenters. The number of benzene rings is 1. The molecule has 0 fully saturated rings. The third-order valence-electron chi connectivity index (χ3n) is 1.77. The van der Waals surface area contributed by atoms with Crippen molar-refractivity contribution in [2.24, 2.45) is 0 Å². The van der Waals surface area contributed by atoms with Gasteiger partial charge in [0.1, 0.15) is 0 Å². The van der Waals surface area contributed by atoms with Crippen molar-refractivity contribution < 1.29 is 27.9 Å². The van der Waals surface area contributed by atoms with E-state index in [4.69, 9.17) is 5.11 Å². The Hall–Kier alpha value is -1.70. The number of aromatic carboxylic acids is 1. The molecule has 0 aromatic heterocycles. The van der Waals surface area contributed by atoms with Gasteiger partial charge in [-0.25, -0.2) is 4.79 Å². The highest BCUT2D eigenvalue weighted by Gasteiger charge is 2.29. The number of alkyl halides is 3. The molecular weight excluding hydrogens is 271 g/mol. The third kappa shape index (κ3) is 4.28. The van der Waals surface area contributed by atoms with E-state index in [0.717, 1.165) is 18.2 Å². The van der Waals surface area contributed by atoms with Crippen LogP contribution in [0.2, 0.25) is 0 Å². The summed E-state index contributed by atoms with van der Waals surface area (Å²) in [5.41, 5.74) is -4.92. The quantitative estimate of drug-likeness (QED) is 0.835. The Labute approximate surface area is 104 Å². The van der Waals surface area contributed by atoms with E-state index in [1.165, 1.54) is 6.92 Å². The second-order valence-electron chi connectivity index (χ2n) is 3.24. The van der Waals surface area contributed by atoms with Crippen LogP contribution in [-0.2, 0) is 4.79 Å². The predicted molar refractivity (Wildman–Crippen MR) is 59.6 cm³/mol. The van der Waals surface area contributed by atoms with Gasteiger partial charge in [0.05, 0.1) is 11.3 Å². The van der Waals surface area contributed by atoms with E-state index >= 15 is 0 Å². The first-order valence-electron chi connectivity index (χ1n) is 4.60. The van der Waals surface area contributed by atoms with Crippen LogP contribution in [0.25, 0.3) is 0 Å². The monoisotopic (exact) mass is 279 g/mol. The molecule has 0 bridgehead atoms. The molecule has 0 atom stereocenters. The molecule has 0 heterocycles. The Morgan fingerprint density at radius 3 is 2.39 bits per heavy atom. The second-order valence-corrected chi connectivity index (χ2v) is 4.38. The lowest BCUT2D eigenvalue weighted by Crippen LogP contribution is -2.11. The Morgan fingerprint density at radius 1 is 1.33 bits per heavy atom. The van der Waals surface area contributed by atoms with Crippen LogP contribution in [0, 0.1) is 0 Å². The van der Waals surface area contributed by atoms with Crippen LogP contribution in [0.1, 0.15) is 17.3 Å². The lowest BCUT2D eigenvalue weighted by atomic mass is 10.2. The number of carboxylic acids is 1. The Kier molecular flexibility index (Phi) is 4.23. The van der Waals surface area contributed by atoms with Crippen LogP contribution in [0.5, 0.6) is 0 Å². The molecule has 1 rings (SSSR count). The van der Waals surface area contributed by atoms with Crippen molar-refractivity contribution in [1.82, 2.24) is 0 Å². The number of anilines is 1. The molecule has 0 saturated heterocycles. The summed E-state index contributed by atoms with van der Waals surface area (Å²) < 4.78 is 36.4. The number of carboxylic acid groups (broad SMARTS) is 1. The van der Waals surface area contributed by atoms with Gasteiger partial charge in [0.25, 0.3) is 0 Å². The van der Waals surface area contributed by atoms with Crippen LogP contribution in [0.15, 0.2) is 23.1 Å². The number of hydrogen-bond acceptors (Lipinski definition) is 3. The molecule has 18 heavy (non-hydrogen) atoms. The lowest BCUT2D eigenvalue weighted by Gasteiger charge is -2.10. The number of nitrogens with one attached hydrogen (secondary N) is 1. The molecule has 0 aliphatic rings. The number of carbonyl (C=O) groups is 2. The minimum absolute atomic E-state index is 0.0403. The summed E-state index contributed by atoms with van der Waals surface area (Å²) in [5, 5.41) is 11.1. The third-order valence-corrected chi connectivity index (χ3v) is 2.49. The summed E-state index contributed by atoms with van der Waals surface area (Å²) in [4.78, 5) is 21.4. The van der Waals surface area contributed by atoms with Gasteiger partial charge < -0.3 is 10.4 Å². The standard InChI is InChI=1S/C10H8F3NO3S/c1-5(15)14-8-3-2-6(18-10(11,12)13)4-7(8)9(16)17/h2-4H,1H3,(H,14,15)(H,16,17). The van der Waals surface area contributed by atoms with Gasteiger partial charge in [-0.15, -0.1) is 0 Å². The molecule has 0 aliphatic carbocycles. The van der Waals surface area contributed by atoms with Gasteiger partial charge in [-0.2, -0.15) is 13.2 Å². The summed E-state index contributed by atoms with van der Waals surface area (Å²) in [6, 6.07) is 3.08. The Morgan fingerprint density at radius 2 is 1.94 bits per heavy atom. The number of halogens is 3. The molecule has 0 saturated carbocycles. The summed E-state index contributed by atoms with van der Waals surface area (Å²) >= 11 is -0.416. The van der Waals surface area contributed by atoms with E-state index in [1.807, 2.05) is 0 Å². The molecule has 4 nitrogen and oxygen atoms in total. The van der Waals surface area contributed by atoms with Crippen molar-refractivity contribution in [3.8, 4) is 0 Å². The van der Waals surface area contributed by atoms with E-state index in [-0.39, 0.29) is 16.1 Å². The van der Waals surface area contributed by atoms with Crippen LogP contribution < -0.4 is 5.32 Å². The van der Waals surface area contributed by atoms with Gasteiger partial charge in [-0.3, -0.25) is 4.79 Å². The first-order valence-corrected chi connectivity index (χ1v) is 5.41. The minimum atomic E-state index is -4.49. The zero-order valence-corrected chi connectivity index (χ0v) is 9.85. The minimum Gasteiger partial charge on any atom is -0.478 e. The van der Waals surface area contributed by atoms with Crippen molar-refractivity contribution in [1.29, 1.82) is 0 Å². The van der Waals surface area contributed by atoms with Gasteiger partial charge in [-0.1, -0.05) is 0 Å². The van der Waals surface area contributed by atoms with Gasteiger partial charge in [0.15, 0.2) is 0 Å². The zero-order valence-electron chi connectivity index (χ0n) is 9.04. The zero-order chi connectivity index (χ0) is 13.9. The highest BCUT2D eigenvalue weighted by atomic mass is 32.2. The second kappa shape index (κ2) is 5.30. The van der Waals surface area contributed by atoms with Gasteiger partial charge >= 0.3 is 11.5 Å². The molecule has 0 aliphatic heterocycles. The van der Waals surface area contributed by atoms with Gasteiger partial charge in [-0.05, 0) is 30.0 Å². The smallest absolute Gasteiger partial charge is 0.446 e. The molecule has 8 heteroatoms. The molecule has 0 radical (unpaired) electrons. The molecule has 1 aromatic carbocycles. The lowest BCUT2D eigenvalue weighted by molar-refractivity contribution is -0.114. The van der Waals surface area contributed by atoms with Crippen molar-refractivity contribution in [2.75, 3.05) is 5.32 Å². The first-order chi connectivity index (χ1) is 8.19. The number of amides is 1. The number of hydrogen-bond donors (Lipinski definition) is 2. The fourth-order valence-electron chi connectivity index (χ4n) is 1.20. The predicted octanol–water partition coefficient (Wildman–Crippen LogP) is 2.96. The average Bonchev–Trinajstić information content (AvgIpc) is 2.17. The van der Waals surface area contributed by atoms with Gasteiger partial charge in [0.2, 0.25) is 5.91 Å². The first kappa shape index (κ1) is 14.4. The molecule has 2 N–H and O–H groups in total. The Balaban J connectivity index is 3.11. The van der Waals surface area contributed by atoms with E-state index < -0.39 is 29.1 Å². The number of rotatable bonds is 3. The molecule has 1 amide bonds. The molecular formula is C10H8F3NO3S. The van der Waals surface area contributed by atoms with E-state index in [1.54, 1.807) is 0 Å². The topological polar surface area (TPSA) is 66.4 Å².